The molecule has 30 heavy (non-hydrogen) atoms. The van der Waals surface area contributed by atoms with Crippen LogP contribution in [0.2, 0.25) is 0 Å². The van der Waals surface area contributed by atoms with E-state index < -0.39 is 12.0 Å². The van der Waals surface area contributed by atoms with Crippen LogP contribution in [-0.2, 0) is 11.2 Å². The summed E-state index contributed by atoms with van der Waals surface area (Å²) in [5.41, 5.74) is 9.05. The molecule has 0 saturated heterocycles. The number of thiophene rings is 1. The minimum atomic E-state index is -0.673. The number of benzene rings is 2. The Bertz CT molecular complexity index is 1030. The van der Waals surface area contributed by atoms with Gasteiger partial charge >= 0.3 is 0 Å². The molecule has 0 spiro atoms. The molecular weight excluding hydrogens is 396 g/mol. The first-order valence-corrected chi connectivity index (χ1v) is 10.7. The standard InChI is InChI=1S/C24H26N2O3S/c1-4-19(29-18-12-10-15(2)11-13-18)23(28)26-24-21(22(25)27)16(3)20(30-24)14-17-8-6-5-7-9-17/h5-13,19H,4,14H2,1-3H3,(H2,25,27)(H,26,28). The molecule has 1 unspecified atom stereocenters. The number of amides is 2. The SMILES string of the molecule is CCC(Oc1ccc(C)cc1)C(=O)Nc1sc(Cc2ccccc2)c(C)c1C(N)=O. The second kappa shape index (κ2) is 9.59. The van der Waals surface area contributed by atoms with Crippen molar-refractivity contribution in [3.05, 3.63) is 81.7 Å². The number of hydrogen-bond donors (Lipinski definition) is 2. The third-order valence-electron chi connectivity index (χ3n) is 4.90. The lowest BCUT2D eigenvalue weighted by molar-refractivity contribution is -0.122. The number of aryl methyl sites for hydroxylation is 1. The van der Waals surface area contributed by atoms with Crippen molar-refractivity contribution in [3.63, 3.8) is 0 Å². The monoisotopic (exact) mass is 422 g/mol. The van der Waals surface area contributed by atoms with Gasteiger partial charge in [-0.3, -0.25) is 9.59 Å². The maximum atomic E-state index is 12.9. The average Bonchev–Trinajstić information content (AvgIpc) is 3.03. The number of carbonyl (C=O) groups excluding carboxylic acids is 2. The van der Waals surface area contributed by atoms with Crippen molar-refractivity contribution >= 4 is 28.2 Å². The fourth-order valence-electron chi connectivity index (χ4n) is 3.19. The van der Waals surface area contributed by atoms with Crippen molar-refractivity contribution in [1.82, 2.24) is 0 Å². The van der Waals surface area contributed by atoms with Crippen LogP contribution in [0.5, 0.6) is 5.75 Å². The number of carbonyl (C=O) groups is 2. The van der Waals surface area contributed by atoms with Crippen molar-refractivity contribution in [2.24, 2.45) is 5.73 Å². The van der Waals surface area contributed by atoms with Gasteiger partial charge in [0.1, 0.15) is 10.8 Å². The van der Waals surface area contributed by atoms with Crippen LogP contribution >= 0.6 is 11.3 Å². The molecule has 1 heterocycles. The highest BCUT2D eigenvalue weighted by molar-refractivity contribution is 7.17. The van der Waals surface area contributed by atoms with Crippen LogP contribution in [0.4, 0.5) is 5.00 Å². The van der Waals surface area contributed by atoms with Crippen LogP contribution in [0, 0.1) is 13.8 Å². The summed E-state index contributed by atoms with van der Waals surface area (Å²) in [6, 6.07) is 17.5. The first-order valence-electron chi connectivity index (χ1n) is 9.89. The molecular formula is C24H26N2O3S. The second-order valence-electron chi connectivity index (χ2n) is 7.20. The first kappa shape index (κ1) is 21.6. The van der Waals surface area contributed by atoms with Crippen molar-refractivity contribution in [2.75, 3.05) is 5.32 Å². The first-order chi connectivity index (χ1) is 14.4. The molecule has 1 atom stereocenters. The van der Waals surface area contributed by atoms with E-state index in [1.54, 1.807) is 0 Å². The molecule has 2 amide bonds. The number of primary amides is 1. The molecule has 156 valence electrons. The molecule has 0 bridgehead atoms. The highest BCUT2D eigenvalue weighted by Gasteiger charge is 2.24. The number of rotatable bonds is 8. The Labute approximate surface area is 180 Å². The van der Waals surface area contributed by atoms with Crippen LogP contribution in [0.3, 0.4) is 0 Å². The van der Waals surface area contributed by atoms with E-state index in [0.717, 1.165) is 21.6 Å². The summed E-state index contributed by atoms with van der Waals surface area (Å²) in [5, 5.41) is 3.35. The number of nitrogens with one attached hydrogen (secondary N) is 1. The second-order valence-corrected chi connectivity index (χ2v) is 8.30. The molecule has 0 radical (unpaired) electrons. The van der Waals surface area contributed by atoms with E-state index in [1.165, 1.54) is 11.3 Å². The Morgan fingerprint density at radius 2 is 1.73 bits per heavy atom. The molecule has 0 aliphatic heterocycles. The summed E-state index contributed by atoms with van der Waals surface area (Å²) in [6.07, 6.45) is 0.491. The van der Waals surface area contributed by atoms with Gasteiger partial charge in [0.2, 0.25) is 0 Å². The minimum absolute atomic E-state index is 0.298. The molecule has 0 fully saturated rings. The van der Waals surface area contributed by atoms with E-state index >= 15 is 0 Å². The molecule has 0 aliphatic rings. The van der Waals surface area contributed by atoms with Gasteiger partial charge in [-0.15, -0.1) is 11.3 Å². The molecule has 2 aromatic carbocycles. The lowest BCUT2D eigenvalue weighted by atomic mass is 10.1. The van der Waals surface area contributed by atoms with E-state index in [-0.39, 0.29) is 5.91 Å². The van der Waals surface area contributed by atoms with Crippen molar-refractivity contribution in [3.8, 4) is 5.75 Å². The zero-order valence-corrected chi connectivity index (χ0v) is 18.2. The highest BCUT2D eigenvalue weighted by atomic mass is 32.1. The topological polar surface area (TPSA) is 81.4 Å². The van der Waals surface area contributed by atoms with E-state index in [1.807, 2.05) is 75.4 Å². The Kier molecular flexibility index (Phi) is 6.90. The minimum Gasteiger partial charge on any atom is -0.481 e. The van der Waals surface area contributed by atoms with Crippen LogP contribution < -0.4 is 15.8 Å². The highest BCUT2D eigenvalue weighted by Crippen LogP contribution is 2.34. The maximum Gasteiger partial charge on any atom is 0.266 e. The predicted molar refractivity (Wildman–Crippen MR) is 121 cm³/mol. The Balaban J connectivity index is 1.81. The number of nitrogens with two attached hydrogens (primary N) is 1. The molecule has 6 heteroatoms. The van der Waals surface area contributed by atoms with E-state index in [0.29, 0.717) is 29.2 Å². The molecule has 0 aliphatic carbocycles. The van der Waals surface area contributed by atoms with Gasteiger partial charge in [-0.1, -0.05) is 55.0 Å². The quantitative estimate of drug-likeness (QED) is 0.544. The smallest absolute Gasteiger partial charge is 0.266 e. The fraction of sp³-hybridized carbons (Fsp3) is 0.250. The maximum absolute atomic E-state index is 12.9. The van der Waals surface area contributed by atoms with Gasteiger partial charge in [0.25, 0.3) is 11.8 Å². The van der Waals surface area contributed by atoms with Crippen molar-refractivity contribution < 1.29 is 14.3 Å². The number of ether oxygens (including phenoxy) is 1. The average molecular weight is 423 g/mol. The summed E-state index contributed by atoms with van der Waals surface area (Å²) >= 11 is 1.39. The van der Waals surface area contributed by atoms with Gasteiger partial charge in [-0.2, -0.15) is 0 Å². The molecule has 3 aromatic rings. The third kappa shape index (κ3) is 5.07. The Hall–Kier alpha value is -3.12. The van der Waals surface area contributed by atoms with E-state index in [4.69, 9.17) is 10.5 Å². The van der Waals surface area contributed by atoms with Crippen LogP contribution in [0.15, 0.2) is 54.6 Å². The van der Waals surface area contributed by atoms with Crippen molar-refractivity contribution in [1.29, 1.82) is 0 Å². The molecule has 0 saturated carbocycles. The molecule has 3 rings (SSSR count). The van der Waals surface area contributed by atoms with Gasteiger partial charge in [-0.05, 0) is 43.5 Å². The van der Waals surface area contributed by atoms with Gasteiger partial charge in [-0.25, -0.2) is 0 Å². The zero-order chi connectivity index (χ0) is 21.7. The third-order valence-corrected chi connectivity index (χ3v) is 6.11. The Morgan fingerprint density at radius 3 is 2.33 bits per heavy atom. The van der Waals surface area contributed by atoms with Gasteiger partial charge in [0, 0.05) is 11.3 Å². The van der Waals surface area contributed by atoms with E-state index in [9.17, 15) is 9.59 Å². The summed E-state index contributed by atoms with van der Waals surface area (Å²) in [5.74, 6) is -0.219. The normalized spacial score (nSPS) is 11.7. The van der Waals surface area contributed by atoms with Gasteiger partial charge < -0.3 is 15.8 Å². The summed E-state index contributed by atoms with van der Waals surface area (Å²) in [4.78, 5) is 26.0. The number of anilines is 1. The predicted octanol–water partition coefficient (Wildman–Crippen LogP) is 4.85. The van der Waals surface area contributed by atoms with Crippen LogP contribution in [-0.4, -0.2) is 17.9 Å². The summed E-state index contributed by atoms with van der Waals surface area (Å²) in [7, 11) is 0. The molecule has 5 nitrogen and oxygen atoms in total. The Morgan fingerprint density at radius 1 is 1.07 bits per heavy atom. The lowest BCUT2D eigenvalue weighted by Crippen LogP contribution is -2.32. The van der Waals surface area contributed by atoms with Gasteiger partial charge in [0.15, 0.2) is 6.10 Å². The van der Waals surface area contributed by atoms with Crippen LogP contribution in [0.25, 0.3) is 0 Å². The largest absolute Gasteiger partial charge is 0.481 e. The number of hydrogen-bond acceptors (Lipinski definition) is 4. The van der Waals surface area contributed by atoms with E-state index in [2.05, 4.69) is 5.32 Å². The summed E-state index contributed by atoms with van der Waals surface area (Å²) in [6.45, 7) is 5.74. The fourth-order valence-corrected chi connectivity index (χ4v) is 4.44. The van der Waals surface area contributed by atoms with Crippen LogP contribution in [0.1, 0.15) is 45.3 Å². The summed E-state index contributed by atoms with van der Waals surface area (Å²) < 4.78 is 5.86. The lowest BCUT2D eigenvalue weighted by Gasteiger charge is -2.17. The van der Waals surface area contributed by atoms with Crippen molar-refractivity contribution in [2.45, 2.75) is 39.7 Å². The zero-order valence-electron chi connectivity index (χ0n) is 17.4. The molecule has 3 N–H and O–H groups in total. The molecule has 1 aromatic heterocycles. The van der Waals surface area contributed by atoms with Gasteiger partial charge in [0.05, 0.1) is 5.56 Å².